The van der Waals surface area contributed by atoms with Crippen LogP contribution in [0.5, 0.6) is 0 Å². The molecule has 1 atom stereocenters. The molecule has 3 N–H and O–H groups in total. The van der Waals surface area contributed by atoms with Gasteiger partial charge in [0.05, 0.1) is 11.4 Å². The lowest BCUT2D eigenvalue weighted by atomic mass is 10.2. The van der Waals surface area contributed by atoms with Crippen molar-refractivity contribution >= 4 is 40.7 Å². The number of sulfonamides is 1. The Morgan fingerprint density at radius 2 is 2.11 bits per heavy atom. The maximum absolute atomic E-state index is 12.7. The van der Waals surface area contributed by atoms with Gasteiger partial charge in [0, 0.05) is 43.6 Å². The van der Waals surface area contributed by atoms with E-state index in [0.29, 0.717) is 25.1 Å². The summed E-state index contributed by atoms with van der Waals surface area (Å²) in [5.41, 5.74) is 6.10. The fourth-order valence-corrected chi connectivity index (χ4v) is 4.53. The van der Waals surface area contributed by atoms with Gasteiger partial charge in [-0.15, -0.1) is 24.8 Å². The first kappa shape index (κ1) is 24.4. The van der Waals surface area contributed by atoms with Gasteiger partial charge in [-0.25, -0.2) is 13.4 Å². The van der Waals surface area contributed by atoms with Crippen molar-refractivity contribution in [3.8, 4) is 0 Å². The molecule has 0 saturated carbocycles. The Morgan fingerprint density at radius 1 is 1.36 bits per heavy atom. The molecule has 156 valence electrons. The quantitative estimate of drug-likeness (QED) is 0.692. The minimum absolute atomic E-state index is 0. The van der Waals surface area contributed by atoms with Crippen LogP contribution in [0.25, 0.3) is 0 Å². The highest BCUT2D eigenvalue weighted by molar-refractivity contribution is 7.89. The van der Waals surface area contributed by atoms with Crippen LogP contribution in [0.15, 0.2) is 41.6 Å². The van der Waals surface area contributed by atoms with E-state index in [1.54, 1.807) is 18.3 Å². The molecular weight excluding hydrogens is 425 g/mol. The first-order chi connectivity index (χ1) is 12.4. The summed E-state index contributed by atoms with van der Waals surface area (Å²) in [4.78, 5) is 16.7. The molecule has 0 bridgehead atoms. The predicted octanol–water partition coefficient (Wildman–Crippen LogP) is 1.40. The Bertz CT molecular complexity index is 904. The van der Waals surface area contributed by atoms with E-state index in [2.05, 4.69) is 10.3 Å². The molecule has 2 heterocycles. The minimum atomic E-state index is -3.64. The smallest absolute Gasteiger partial charge is 0.251 e. The van der Waals surface area contributed by atoms with Crippen molar-refractivity contribution in [3.63, 3.8) is 0 Å². The summed E-state index contributed by atoms with van der Waals surface area (Å²) in [5.74, 6) is 0.404. The Hall–Kier alpha value is -1.65. The van der Waals surface area contributed by atoms with E-state index in [4.69, 9.17) is 5.73 Å². The predicted molar refractivity (Wildman–Crippen MR) is 111 cm³/mol. The molecule has 0 radical (unpaired) electrons. The van der Waals surface area contributed by atoms with Crippen LogP contribution in [0.1, 0.15) is 29.5 Å². The monoisotopic (exact) mass is 449 g/mol. The first-order valence-electron chi connectivity index (χ1n) is 8.56. The van der Waals surface area contributed by atoms with E-state index in [0.717, 1.165) is 12.4 Å². The van der Waals surface area contributed by atoms with Crippen molar-refractivity contribution in [2.24, 2.45) is 5.73 Å². The second kappa shape index (κ2) is 10.2. The Balaban J connectivity index is 0.00000196. The molecule has 1 unspecified atom stereocenters. The van der Waals surface area contributed by atoms with Crippen molar-refractivity contribution in [1.29, 1.82) is 0 Å². The molecule has 28 heavy (non-hydrogen) atoms. The molecule has 1 aromatic carbocycles. The van der Waals surface area contributed by atoms with E-state index in [1.165, 1.54) is 16.4 Å². The number of carbonyl (C=O) groups excluding carboxylic acids is 1. The van der Waals surface area contributed by atoms with E-state index in [9.17, 15) is 13.2 Å². The lowest BCUT2D eigenvalue weighted by Gasteiger charge is -2.16. The number of benzene rings is 1. The largest absolute Gasteiger partial charge is 0.345 e. The summed E-state index contributed by atoms with van der Waals surface area (Å²) in [6.45, 7) is 3.73. The topological polar surface area (TPSA) is 110 Å². The molecule has 11 heteroatoms. The third kappa shape index (κ3) is 5.24. The second-order valence-corrected chi connectivity index (χ2v) is 8.19. The van der Waals surface area contributed by atoms with Gasteiger partial charge in [-0.1, -0.05) is 6.07 Å². The zero-order valence-corrected chi connectivity index (χ0v) is 17.9. The zero-order chi connectivity index (χ0) is 18.7. The molecule has 1 aliphatic heterocycles. The van der Waals surface area contributed by atoms with Gasteiger partial charge < -0.3 is 15.6 Å². The molecule has 0 spiro atoms. The summed E-state index contributed by atoms with van der Waals surface area (Å²) < 4.78 is 28.7. The van der Waals surface area contributed by atoms with Crippen LogP contribution < -0.4 is 11.1 Å². The number of nitrogens with zero attached hydrogens (tertiary/aromatic N) is 3. The molecule has 1 aromatic heterocycles. The number of aromatic nitrogens is 2. The van der Waals surface area contributed by atoms with Gasteiger partial charge in [-0.05, 0) is 31.5 Å². The van der Waals surface area contributed by atoms with Crippen LogP contribution in [-0.4, -0.2) is 47.3 Å². The van der Waals surface area contributed by atoms with Crippen molar-refractivity contribution in [3.05, 3.63) is 48.0 Å². The molecule has 1 amide bonds. The number of carbonyl (C=O) groups is 1. The lowest BCUT2D eigenvalue weighted by Crippen LogP contribution is -2.32. The van der Waals surface area contributed by atoms with Gasteiger partial charge in [-0.2, -0.15) is 4.31 Å². The molecule has 1 aliphatic rings. The van der Waals surface area contributed by atoms with Crippen molar-refractivity contribution in [2.75, 3.05) is 13.1 Å². The number of hydrogen-bond donors (Lipinski definition) is 2. The summed E-state index contributed by atoms with van der Waals surface area (Å²) in [6.07, 6.45) is 4.16. The number of aryl methyl sites for hydroxylation is 1. The molecule has 2 aromatic rings. The summed E-state index contributed by atoms with van der Waals surface area (Å²) in [5, 5.41) is 2.78. The standard InChI is InChI=1S/C17H23N5O3S.2ClH/c1-2-21-9-7-19-16(21)11-20-17(23)13-4-3-5-15(10-13)26(24,25)22-8-6-14(18)12-22;;/h3-5,7,9-10,14H,2,6,8,11-12,18H2,1H3,(H,20,23);2*1H. The van der Waals surface area contributed by atoms with Gasteiger partial charge in [0.1, 0.15) is 5.82 Å². The van der Waals surface area contributed by atoms with Crippen molar-refractivity contribution < 1.29 is 13.2 Å². The molecule has 8 nitrogen and oxygen atoms in total. The number of halogens is 2. The number of hydrogen-bond acceptors (Lipinski definition) is 5. The average molecular weight is 450 g/mol. The normalized spacial score (nSPS) is 16.9. The summed E-state index contributed by atoms with van der Waals surface area (Å²) in [6, 6.07) is 5.93. The highest BCUT2D eigenvalue weighted by atomic mass is 35.5. The van der Waals surface area contributed by atoms with Crippen LogP contribution in [0.4, 0.5) is 0 Å². The van der Waals surface area contributed by atoms with Crippen LogP contribution in [0, 0.1) is 0 Å². The number of imidazole rings is 1. The molecule has 0 aliphatic carbocycles. The van der Waals surface area contributed by atoms with Gasteiger partial charge in [0.2, 0.25) is 10.0 Å². The second-order valence-electron chi connectivity index (χ2n) is 6.25. The number of amides is 1. The average Bonchev–Trinajstić information content (AvgIpc) is 3.28. The maximum Gasteiger partial charge on any atom is 0.251 e. The first-order valence-corrected chi connectivity index (χ1v) is 10.00. The van der Waals surface area contributed by atoms with E-state index < -0.39 is 10.0 Å². The van der Waals surface area contributed by atoms with Crippen LogP contribution in [-0.2, 0) is 23.1 Å². The minimum Gasteiger partial charge on any atom is -0.345 e. The van der Waals surface area contributed by atoms with Crippen molar-refractivity contribution in [2.45, 2.75) is 37.4 Å². The van der Waals surface area contributed by atoms with Gasteiger partial charge in [0.15, 0.2) is 0 Å². The fourth-order valence-electron chi connectivity index (χ4n) is 2.98. The van der Waals surface area contributed by atoms with Gasteiger partial charge >= 0.3 is 0 Å². The van der Waals surface area contributed by atoms with Crippen molar-refractivity contribution in [1.82, 2.24) is 19.2 Å². The molecule has 1 saturated heterocycles. The Kier molecular flexibility index (Phi) is 8.90. The highest BCUT2D eigenvalue weighted by Gasteiger charge is 2.31. The SMILES string of the molecule is CCn1ccnc1CNC(=O)c1cccc(S(=O)(=O)N2CCC(N)C2)c1.Cl.Cl. The number of nitrogens with one attached hydrogen (secondary N) is 1. The summed E-state index contributed by atoms with van der Waals surface area (Å²) in [7, 11) is -3.64. The third-order valence-electron chi connectivity index (χ3n) is 4.47. The van der Waals surface area contributed by atoms with Crippen LogP contribution in [0.2, 0.25) is 0 Å². The third-order valence-corrected chi connectivity index (χ3v) is 6.33. The maximum atomic E-state index is 12.7. The zero-order valence-electron chi connectivity index (χ0n) is 15.4. The molecule has 1 fully saturated rings. The molecule has 3 rings (SSSR count). The Labute approximate surface area is 177 Å². The Morgan fingerprint density at radius 3 is 2.75 bits per heavy atom. The van der Waals surface area contributed by atoms with Gasteiger partial charge in [-0.3, -0.25) is 4.79 Å². The lowest BCUT2D eigenvalue weighted by molar-refractivity contribution is 0.0949. The fraction of sp³-hybridized carbons (Fsp3) is 0.412. The van der Waals surface area contributed by atoms with E-state index >= 15 is 0 Å². The van der Waals surface area contributed by atoms with E-state index in [1.807, 2.05) is 17.7 Å². The van der Waals surface area contributed by atoms with E-state index in [-0.39, 0.29) is 48.2 Å². The highest BCUT2D eigenvalue weighted by Crippen LogP contribution is 2.21. The number of nitrogens with two attached hydrogens (primary N) is 1. The number of rotatable bonds is 6. The van der Waals surface area contributed by atoms with Gasteiger partial charge in [0.25, 0.3) is 5.91 Å². The summed E-state index contributed by atoms with van der Waals surface area (Å²) >= 11 is 0. The van der Waals surface area contributed by atoms with Crippen LogP contribution in [0.3, 0.4) is 0 Å². The van der Waals surface area contributed by atoms with Crippen LogP contribution >= 0.6 is 24.8 Å². The molecular formula is C17H25Cl2N5O3S.